The van der Waals surface area contributed by atoms with E-state index in [0.29, 0.717) is 0 Å². The molecule has 6 nitrogen and oxygen atoms in total. The summed E-state index contributed by atoms with van der Waals surface area (Å²) in [6.45, 7) is 16.2. The van der Waals surface area contributed by atoms with Crippen molar-refractivity contribution in [3.63, 3.8) is 0 Å². The van der Waals surface area contributed by atoms with Crippen LogP contribution in [-0.4, -0.2) is 51.6 Å². The van der Waals surface area contributed by atoms with E-state index in [-0.39, 0.29) is 16.4 Å². The van der Waals surface area contributed by atoms with Crippen molar-refractivity contribution >= 4 is 23.0 Å². The summed E-state index contributed by atoms with van der Waals surface area (Å²) in [5, 5.41) is 0.218. The van der Waals surface area contributed by atoms with Gasteiger partial charge in [-0.05, 0) is 89.3 Å². The molecule has 1 aliphatic heterocycles. The van der Waals surface area contributed by atoms with E-state index in [2.05, 4.69) is 67.4 Å². The number of aromatic nitrogens is 3. The van der Waals surface area contributed by atoms with Crippen LogP contribution in [0.15, 0.2) is 66.5 Å². The van der Waals surface area contributed by atoms with Gasteiger partial charge in [0.2, 0.25) is 0 Å². The molecule has 2 aromatic heterocycles. The van der Waals surface area contributed by atoms with Crippen LogP contribution in [0.4, 0.5) is 10.2 Å². The monoisotopic (exact) mass is 591 g/mol. The van der Waals surface area contributed by atoms with Crippen molar-refractivity contribution in [2.75, 3.05) is 31.1 Å². The number of piperazine rings is 1. The van der Waals surface area contributed by atoms with E-state index in [1.165, 1.54) is 11.6 Å². The molecule has 5 rings (SSSR count). The Bertz CT molecular complexity index is 1400. The molecule has 3 aromatic rings. The molecular formula is C34H43ClFN5O. The first-order valence-corrected chi connectivity index (χ1v) is 15.2. The third-order valence-corrected chi connectivity index (χ3v) is 7.40. The zero-order valence-corrected chi connectivity index (χ0v) is 26.5. The number of allylic oxidation sites excluding steroid dienone is 2. The van der Waals surface area contributed by atoms with Crippen LogP contribution in [-0.2, 0) is 11.2 Å². The van der Waals surface area contributed by atoms with Crippen LogP contribution in [0.2, 0.25) is 5.02 Å². The average molecular weight is 592 g/mol. The minimum atomic E-state index is -0.341. The first-order chi connectivity index (χ1) is 20.1. The summed E-state index contributed by atoms with van der Waals surface area (Å²) < 4.78 is 18.9. The number of rotatable bonds is 7. The summed E-state index contributed by atoms with van der Waals surface area (Å²) in [4.78, 5) is 18.6. The van der Waals surface area contributed by atoms with Crippen molar-refractivity contribution < 1.29 is 9.13 Å². The maximum atomic E-state index is 12.6. The third-order valence-electron chi connectivity index (χ3n) is 7.11. The van der Waals surface area contributed by atoms with Crippen LogP contribution >= 0.6 is 11.6 Å². The Morgan fingerprint density at radius 2 is 1.79 bits per heavy atom. The predicted octanol–water partition coefficient (Wildman–Crippen LogP) is 8.01. The van der Waals surface area contributed by atoms with Gasteiger partial charge in [0.15, 0.2) is 5.88 Å². The zero-order valence-electron chi connectivity index (χ0n) is 25.8. The molecule has 3 heterocycles. The molecule has 1 aromatic carbocycles. The van der Waals surface area contributed by atoms with Crippen LogP contribution in [0, 0.1) is 12.7 Å². The molecule has 1 saturated carbocycles. The highest BCUT2D eigenvalue weighted by Gasteiger charge is 2.31. The highest BCUT2D eigenvalue weighted by Crippen LogP contribution is 2.37. The Kier molecular flexibility index (Phi) is 10.6. The number of hydrogen-bond acceptors (Lipinski definition) is 6. The Balaban J connectivity index is 0.000000310. The fourth-order valence-corrected chi connectivity index (χ4v) is 5.19. The topological polar surface area (TPSA) is 54.4 Å². The largest absolute Gasteiger partial charge is 0.473 e. The van der Waals surface area contributed by atoms with Gasteiger partial charge >= 0.3 is 0 Å². The van der Waals surface area contributed by atoms with Crippen LogP contribution in [0.5, 0.6) is 0 Å². The van der Waals surface area contributed by atoms with Crippen LogP contribution in [0.25, 0.3) is 5.57 Å². The summed E-state index contributed by atoms with van der Waals surface area (Å²) in [7, 11) is 0. The SMILES string of the molecule is C/C=C(/c1ccccn1)c1c(C)ncnc1N1CCN(C(OC(C)(C)C)=C2CC2)CC1.CCCc1ccc(F)c(Cl)c1. The third kappa shape index (κ3) is 8.31. The lowest BCUT2D eigenvalue weighted by atomic mass is 10.00. The molecule has 1 aliphatic carbocycles. The molecule has 8 heteroatoms. The molecule has 0 N–H and O–H groups in total. The van der Waals surface area contributed by atoms with Gasteiger partial charge in [0.05, 0.1) is 16.4 Å². The molecule has 0 atom stereocenters. The molecule has 2 aliphatic rings. The molecular weight excluding hydrogens is 549 g/mol. The van der Waals surface area contributed by atoms with Crippen molar-refractivity contribution in [2.24, 2.45) is 0 Å². The molecule has 0 unspecified atom stereocenters. The van der Waals surface area contributed by atoms with E-state index in [1.54, 1.807) is 18.5 Å². The fraction of sp³-hybridized carbons (Fsp3) is 0.441. The molecule has 224 valence electrons. The molecule has 0 bridgehead atoms. The predicted molar refractivity (Wildman–Crippen MR) is 170 cm³/mol. The maximum Gasteiger partial charge on any atom is 0.189 e. The number of pyridine rings is 1. The van der Waals surface area contributed by atoms with Gasteiger partial charge in [0, 0.05) is 43.5 Å². The van der Waals surface area contributed by atoms with Crippen LogP contribution in [0.3, 0.4) is 0 Å². The number of nitrogens with zero attached hydrogens (tertiary/aromatic N) is 5. The minimum absolute atomic E-state index is 0.178. The van der Waals surface area contributed by atoms with E-state index in [9.17, 15) is 4.39 Å². The van der Waals surface area contributed by atoms with E-state index < -0.39 is 0 Å². The second-order valence-electron chi connectivity index (χ2n) is 11.7. The second kappa shape index (κ2) is 14.1. The van der Waals surface area contributed by atoms with Gasteiger partial charge in [-0.25, -0.2) is 14.4 Å². The molecule has 0 radical (unpaired) electrons. The highest BCUT2D eigenvalue weighted by atomic mass is 35.5. The second-order valence-corrected chi connectivity index (χ2v) is 12.1. The van der Waals surface area contributed by atoms with E-state index >= 15 is 0 Å². The smallest absolute Gasteiger partial charge is 0.189 e. The van der Waals surface area contributed by atoms with Crippen molar-refractivity contribution in [1.29, 1.82) is 0 Å². The first-order valence-electron chi connectivity index (χ1n) is 14.9. The van der Waals surface area contributed by atoms with Gasteiger partial charge in [0.1, 0.15) is 23.6 Å². The van der Waals surface area contributed by atoms with E-state index in [1.807, 2.05) is 24.4 Å². The molecule has 2 fully saturated rings. The van der Waals surface area contributed by atoms with Gasteiger partial charge in [-0.2, -0.15) is 0 Å². The van der Waals surface area contributed by atoms with Crippen molar-refractivity contribution in [3.8, 4) is 0 Å². The van der Waals surface area contributed by atoms with Crippen molar-refractivity contribution in [2.45, 2.75) is 72.8 Å². The molecule has 0 amide bonds. The standard InChI is InChI=1S/C25H33N5O.C9H10ClF/c1-6-20(21-9-7-8-12-26-21)22-18(2)27-17-28-23(22)29-13-15-30(16-14-29)24(19-10-11-19)31-25(3,4)5;1-2-3-7-4-5-9(11)8(10)6-7/h6-9,12,17H,10-11,13-16H2,1-5H3;4-6H,2-3H2,1H3/b20-6-;. The molecule has 0 spiro atoms. The number of ether oxygens (including phenoxy) is 1. The summed E-state index contributed by atoms with van der Waals surface area (Å²) in [5.74, 6) is 1.75. The van der Waals surface area contributed by atoms with Gasteiger partial charge in [-0.1, -0.05) is 43.2 Å². The normalized spacial score (nSPS) is 15.2. The van der Waals surface area contributed by atoms with Crippen molar-refractivity contribution in [3.05, 3.63) is 99.8 Å². The number of halogens is 2. The maximum absolute atomic E-state index is 12.6. The minimum Gasteiger partial charge on any atom is -0.473 e. The van der Waals surface area contributed by atoms with Crippen LogP contribution in [0.1, 0.15) is 76.4 Å². The Labute approximate surface area is 255 Å². The van der Waals surface area contributed by atoms with Gasteiger partial charge in [0.25, 0.3) is 0 Å². The van der Waals surface area contributed by atoms with Gasteiger partial charge in [-0.15, -0.1) is 0 Å². The Morgan fingerprint density at radius 3 is 2.36 bits per heavy atom. The summed E-state index contributed by atoms with van der Waals surface area (Å²) in [6.07, 6.45) is 9.96. The summed E-state index contributed by atoms with van der Waals surface area (Å²) >= 11 is 5.57. The van der Waals surface area contributed by atoms with Gasteiger partial charge < -0.3 is 14.5 Å². The van der Waals surface area contributed by atoms with Crippen LogP contribution < -0.4 is 4.90 Å². The molecule has 42 heavy (non-hydrogen) atoms. The zero-order chi connectivity index (χ0) is 30.3. The number of benzene rings is 1. The Hall–Kier alpha value is -3.45. The molecule has 1 saturated heterocycles. The number of anilines is 1. The fourth-order valence-electron chi connectivity index (χ4n) is 4.99. The number of aryl methyl sites for hydroxylation is 2. The van der Waals surface area contributed by atoms with Gasteiger partial charge in [-0.3, -0.25) is 4.98 Å². The highest BCUT2D eigenvalue weighted by molar-refractivity contribution is 6.30. The number of hydrogen-bond donors (Lipinski definition) is 0. The lowest BCUT2D eigenvalue weighted by Gasteiger charge is -2.40. The van der Waals surface area contributed by atoms with E-state index in [0.717, 1.165) is 91.7 Å². The lowest BCUT2D eigenvalue weighted by Crippen LogP contribution is -2.47. The average Bonchev–Trinajstić information content (AvgIpc) is 3.81. The summed E-state index contributed by atoms with van der Waals surface area (Å²) in [5.41, 5.74) is 6.44. The van der Waals surface area contributed by atoms with Crippen molar-refractivity contribution in [1.82, 2.24) is 19.9 Å². The lowest BCUT2D eigenvalue weighted by molar-refractivity contribution is -0.000821. The Morgan fingerprint density at radius 1 is 1.05 bits per heavy atom. The quantitative estimate of drug-likeness (QED) is 0.259. The first kappa shape index (κ1) is 31.5. The van der Waals surface area contributed by atoms with E-state index in [4.69, 9.17) is 21.3 Å². The summed E-state index contributed by atoms with van der Waals surface area (Å²) in [6, 6.07) is 10.9.